The van der Waals surface area contributed by atoms with Crippen LogP contribution in [0.2, 0.25) is 0 Å². The fourth-order valence-corrected chi connectivity index (χ4v) is 0. The number of carbonyl (C=O) groups is 1. The zero-order valence-electron chi connectivity index (χ0n) is 3.44. The number of hydrogen-bond donors (Lipinski definition) is 1. The number of aliphatic carboxylic acids is 1. The van der Waals surface area contributed by atoms with Crippen LogP contribution in [0.25, 0.3) is 0 Å². The summed E-state index contributed by atoms with van der Waals surface area (Å²) in [7, 11) is 0. The minimum atomic E-state index is -0.745. The molecule has 0 aliphatic heterocycles. The van der Waals surface area contributed by atoms with Gasteiger partial charge in [0, 0.05) is 6.42 Å². The van der Waals surface area contributed by atoms with Crippen LogP contribution >= 0.6 is 0 Å². The molecular formula is C3H6MnO2+2. The average Bonchev–Trinajstić information content (AvgIpc) is 1.38. The van der Waals surface area contributed by atoms with E-state index < -0.39 is 5.97 Å². The second-order valence-electron chi connectivity index (χ2n) is 0.747. The van der Waals surface area contributed by atoms with E-state index in [1.54, 1.807) is 6.92 Å². The molecule has 1 N–H and O–H groups in total. The molecule has 2 nitrogen and oxygen atoms in total. The Morgan fingerprint density at radius 3 is 2.00 bits per heavy atom. The number of rotatable bonds is 1. The molecule has 0 unspecified atom stereocenters. The first-order valence-electron chi connectivity index (χ1n) is 1.49. The monoisotopic (exact) mass is 129 g/mol. The first-order chi connectivity index (χ1) is 2.27. The first kappa shape index (κ1) is 9.37. The Balaban J connectivity index is 0. The van der Waals surface area contributed by atoms with Gasteiger partial charge in [0.15, 0.2) is 0 Å². The molecule has 0 aromatic carbocycles. The summed E-state index contributed by atoms with van der Waals surface area (Å²) in [4.78, 5) is 9.37. The van der Waals surface area contributed by atoms with E-state index in [2.05, 4.69) is 0 Å². The van der Waals surface area contributed by atoms with Crippen LogP contribution in [-0.4, -0.2) is 11.1 Å². The largest absolute Gasteiger partial charge is 2.00 e. The number of hydrogen-bond acceptors (Lipinski definition) is 1. The van der Waals surface area contributed by atoms with Crippen molar-refractivity contribution in [1.29, 1.82) is 0 Å². The third kappa shape index (κ3) is 9.01. The summed E-state index contributed by atoms with van der Waals surface area (Å²) in [6.07, 6.45) is 0.222. The molecule has 0 amide bonds. The predicted molar refractivity (Wildman–Crippen MR) is 17.9 cm³/mol. The summed E-state index contributed by atoms with van der Waals surface area (Å²) in [5.74, 6) is -0.745. The van der Waals surface area contributed by atoms with Crippen molar-refractivity contribution < 1.29 is 27.0 Å². The third-order valence-electron chi connectivity index (χ3n) is 0.302. The smallest absolute Gasteiger partial charge is 0.481 e. The van der Waals surface area contributed by atoms with Gasteiger partial charge in [-0.1, -0.05) is 6.92 Å². The first-order valence-corrected chi connectivity index (χ1v) is 1.49. The van der Waals surface area contributed by atoms with Crippen molar-refractivity contribution in [3.05, 3.63) is 0 Å². The molecule has 1 radical (unpaired) electrons. The topological polar surface area (TPSA) is 37.3 Å². The van der Waals surface area contributed by atoms with E-state index in [9.17, 15) is 4.79 Å². The van der Waals surface area contributed by atoms with Crippen LogP contribution in [0.1, 0.15) is 13.3 Å². The predicted octanol–water partition coefficient (Wildman–Crippen LogP) is 0.478. The van der Waals surface area contributed by atoms with Crippen LogP contribution in [0.15, 0.2) is 0 Å². The zero-order chi connectivity index (χ0) is 4.28. The van der Waals surface area contributed by atoms with Gasteiger partial charge in [-0.25, -0.2) is 0 Å². The molecule has 0 bridgehead atoms. The van der Waals surface area contributed by atoms with Crippen molar-refractivity contribution in [3.8, 4) is 0 Å². The fourth-order valence-electron chi connectivity index (χ4n) is 0. The summed E-state index contributed by atoms with van der Waals surface area (Å²) in [6.45, 7) is 1.60. The molecule has 6 heavy (non-hydrogen) atoms. The quantitative estimate of drug-likeness (QED) is 0.522. The van der Waals surface area contributed by atoms with Crippen molar-refractivity contribution in [1.82, 2.24) is 0 Å². The van der Waals surface area contributed by atoms with Gasteiger partial charge in [0.2, 0.25) is 0 Å². The van der Waals surface area contributed by atoms with E-state index in [4.69, 9.17) is 5.11 Å². The van der Waals surface area contributed by atoms with E-state index in [0.29, 0.717) is 0 Å². The molecule has 3 heteroatoms. The molecule has 0 aromatic heterocycles. The summed E-state index contributed by atoms with van der Waals surface area (Å²) in [5, 5.41) is 7.72. The van der Waals surface area contributed by atoms with Crippen molar-refractivity contribution >= 4 is 5.97 Å². The molecule has 0 aromatic rings. The maximum Gasteiger partial charge on any atom is 2.00 e. The van der Waals surface area contributed by atoms with Crippen LogP contribution in [0.4, 0.5) is 0 Å². The van der Waals surface area contributed by atoms with Crippen molar-refractivity contribution in [2.75, 3.05) is 0 Å². The van der Waals surface area contributed by atoms with Gasteiger partial charge in [0.1, 0.15) is 0 Å². The molecule has 0 atom stereocenters. The van der Waals surface area contributed by atoms with Crippen LogP contribution in [0, 0.1) is 0 Å². The fraction of sp³-hybridized carbons (Fsp3) is 0.667. The molecule has 0 fully saturated rings. The molecule has 0 aliphatic carbocycles. The standard InChI is InChI=1S/C3H6O2.Mn/c1-2-3(4)5;/h2H2,1H3,(H,4,5);/q;+2. The van der Waals surface area contributed by atoms with Gasteiger partial charge in [0.05, 0.1) is 0 Å². The third-order valence-corrected chi connectivity index (χ3v) is 0.302. The molecule has 0 saturated heterocycles. The maximum absolute atomic E-state index is 9.37. The Morgan fingerprint density at radius 1 is 1.83 bits per heavy atom. The van der Waals surface area contributed by atoms with E-state index in [1.165, 1.54) is 0 Å². The Hall–Kier alpha value is -0.0105. The van der Waals surface area contributed by atoms with Gasteiger partial charge in [-0.05, 0) is 0 Å². The molecule has 0 saturated carbocycles. The second kappa shape index (κ2) is 4.99. The summed E-state index contributed by atoms with van der Waals surface area (Å²) >= 11 is 0. The molecular weight excluding hydrogens is 123 g/mol. The summed E-state index contributed by atoms with van der Waals surface area (Å²) < 4.78 is 0. The Bertz CT molecular complexity index is 44.1. The van der Waals surface area contributed by atoms with Gasteiger partial charge in [-0.15, -0.1) is 0 Å². The van der Waals surface area contributed by atoms with Crippen LogP contribution in [0.5, 0.6) is 0 Å². The second-order valence-corrected chi connectivity index (χ2v) is 0.747. The van der Waals surface area contributed by atoms with Crippen molar-refractivity contribution in [2.24, 2.45) is 0 Å². The molecule has 0 heterocycles. The van der Waals surface area contributed by atoms with Gasteiger partial charge in [-0.3, -0.25) is 4.79 Å². The Kier molecular flexibility index (Phi) is 7.79. The Labute approximate surface area is 47.0 Å². The zero-order valence-corrected chi connectivity index (χ0v) is 4.62. The van der Waals surface area contributed by atoms with Gasteiger partial charge in [-0.2, -0.15) is 0 Å². The molecule has 0 spiro atoms. The van der Waals surface area contributed by atoms with Crippen molar-refractivity contribution in [2.45, 2.75) is 13.3 Å². The molecule has 35 valence electrons. The SMILES string of the molecule is CCC(=O)O.[Mn+2]. The van der Waals surface area contributed by atoms with Gasteiger partial charge >= 0.3 is 23.0 Å². The van der Waals surface area contributed by atoms with Crippen LogP contribution in [-0.2, 0) is 21.9 Å². The van der Waals surface area contributed by atoms with Crippen LogP contribution < -0.4 is 0 Å². The summed E-state index contributed by atoms with van der Waals surface area (Å²) in [6, 6.07) is 0. The normalized spacial score (nSPS) is 6.17. The van der Waals surface area contributed by atoms with E-state index in [1.807, 2.05) is 0 Å². The van der Waals surface area contributed by atoms with E-state index in [-0.39, 0.29) is 23.5 Å². The summed E-state index contributed by atoms with van der Waals surface area (Å²) in [5.41, 5.74) is 0. The molecule has 0 aliphatic rings. The number of carboxylic acids is 1. The maximum atomic E-state index is 9.37. The molecule has 0 rings (SSSR count). The average molecular weight is 129 g/mol. The van der Waals surface area contributed by atoms with Crippen LogP contribution in [0.3, 0.4) is 0 Å². The van der Waals surface area contributed by atoms with E-state index in [0.717, 1.165) is 0 Å². The van der Waals surface area contributed by atoms with Crippen molar-refractivity contribution in [3.63, 3.8) is 0 Å². The van der Waals surface area contributed by atoms with Gasteiger partial charge < -0.3 is 5.11 Å². The Morgan fingerprint density at radius 2 is 2.00 bits per heavy atom. The minimum Gasteiger partial charge on any atom is -0.481 e. The number of carboxylic acid groups (broad SMARTS) is 1. The van der Waals surface area contributed by atoms with E-state index >= 15 is 0 Å². The minimum absolute atomic E-state index is 0. The van der Waals surface area contributed by atoms with Gasteiger partial charge in [0.25, 0.3) is 0 Å².